The smallest absolute Gasteiger partial charge is 0.236 e. The van der Waals surface area contributed by atoms with E-state index in [1.54, 1.807) is 0 Å². The molecule has 3 heterocycles. The second kappa shape index (κ2) is 8.47. The molecule has 0 aromatic heterocycles. The number of ether oxygens (including phenoxy) is 1. The third kappa shape index (κ3) is 4.33. The highest BCUT2D eigenvalue weighted by Gasteiger charge is 2.42. The molecule has 0 aliphatic carbocycles. The fourth-order valence-electron chi connectivity index (χ4n) is 4.15. The van der Waals surface area contributed by atoms with Crippen LogP contribution in [0.3, 0.4) is 0 Å². The lowest BCUT2D eigenvalue weighted by atomic mass is 9.78. The Bertz CT molecular complexity index is 465. The third-order valence-corrected chi connectivity index (χ3v) is 6.02. The van der Waals surface area contributed by atoms with Gasteiger partial charge < -0.3 is 20.3 Å². The Balaban J connectivity index is 1.47. The lowest BCUT2D eigenvalue weighted by Gasteiger charge is -2.42. The van der Waals surface area contributed by atoms with E-state index >= 15 is 0 Å². The maximum absolute atomic E-state index is 13.0. The van der Waals surface area contributed by atoms with Crippen molar-refractivity contribution in [2.75, 3.05) is 65.6 Å². The van der Waals surface area contributed by atoms with E-state index in [9.17, 15) is 9.59 Å². The highest BCUT2D eigenvalue weighted by atomic mass is 16.5. The first kappa shape index (κ1) is 18.6. The first-order valence-electron chi connectivity index (χ1n) is 9.72. The van der Waals surface area contributed by atoms with E-state index in [4.69, 9.17) is 10.5 Å². The summed E-state index contributed by atoms with van der Waals surface area (Å²) in [5.41, 5.74) is 5.52. The minimum atomic E-state index is -0.440. The number of piperidine rings is 1. The van der Waals surface area contributed by atoms with E-state index in [1.807, 2.05) is 9.80 Å². The van der Waals surface area contributed by atoms with Crippen molar-refractivity contribution in [2.24, 2.45) is 11.1 Å². The summed E-state index contributed by atoms with van der Waals surface area (Å²) in [6.07, 6.45) is 4.92. The van der Waals surface area contributed by atoms with Crippen LogP contribution in [0, 0.1) is 5.41 Å². The summed E-state index contributed by atoms with van der Waals surface area (Å²) in [7, 11) is 0. The zero-order valence-electron chi connectivity index (χ0n) is 15.3. The number of amides is 2. The van der Waals surface area contributed by atoms with Crippen molar-refractivity contribution >= 4 is 11.8 Å². The number of nitrogens with two attached hydrogens (primary N) is 1. The van der Waals surface area contributed by atoms with Crippen molar-refractivity contribution in [1.82, 2.24) is 14.7 Å². The molecule has 0 aromatic rings. The van der Waals surface area contributed by atoms with Crippen LogP contribution in [0.25, 0.3) is 0 Å². The van der Waals surface area contributed by atoms with Gasteiger partial charge in [-0.3, -0.25) is 14.5 Å². The molecule has 25 heavy (non-hydrogen) atoms. The molecule has 2 amide bonds. The predicted octanol–water partition coefficient (Wildman–Crippen LogP) is -0.101. The predicted molar refractivity (Wildman–Crippen MR) is 95.0 cm³/mol. The van der Waals surface area contributed by atoms with Gasteiger partial charge in [0.05, 0.1) is 12.0 Å². The van der Waals surface area contributed by atoms with Crippen LogP contribution >= 0.6 is 0 Å². The molecule has 0 saturated carbocycles. The summed E-state index contributed by atoms with van der Waals surface area (Å²) in [5, 5.41) is 0. The summed E-state index contributed by atoms with van der Waals surface area (Å²) < 4.78 is 5.41. The van der Waals surface area contributed by atoms with Crippen molar-refractivity contribution in [2.45, 2.75) is 32.1 Å². The van der Waals surface area contributed by atoms with Crippen LogP contribution < -0.4 is 5.73 Å². The summed E-state index contributed by atoms with van der Waals surface area (Å²) in [4.78, 5) is 31.5. The molecule has 3 fully saturated rings. The highest BCUT2D eigenvalue weighted by Crippen LogP contribution is 2.32. The Morgan fingerprint density at radius 1 is 0.880 bits per heavy atom. The molecule has 2 N–H and O–H groups in total. The largest absolute Gasteiger partial charge is 0.381 e. The Kier molecular flexibility index (Phi) is 6.30. The van der Waals surface area contributed by atoms with Gasteiger partial charge in [-0.15, -0.1) is 0 Å². The SMILES string of the molecule is NCC1(C(=O)N2CCN(CC(=O)N3CCCCC3)CC2)CCOCC1. The van der Waals surface area contributed by atoms with E-state index in [1.165, 1.54) is 6.42 Å². The average molecular weight is 352 g/mol. The number of piperazine rings is 1. The zero-order valence-corrected chi connectivity index (χ0v) is 15.3. The number of nitrogens with zero attached hydrogens (tertiary/aromatic N) is 3. The van der Waals surface area contributed by atoms with Crippen molar-refractivity contribution in [3.8, 4) is 0 Å². The van der Waals surface area contributed by atoms with E-state index in [0.717, 1.165) is 51.9 Å². The van der Waals surface area contributed by atoms with Crippen LogP contribution in [0.5, 0.6) is 0 Å². The minimum absolute atomic E-state index is 0.181. The Hall–Kier alpha value is -1.18. The Morgan fingerprint density at radius 2 is 1.52 bits per heavy atom. The molecule has 142 valence electrons. The molecule has 3 aliphatic rings. The summed E-state index contributed by atoms with van der Waals surface area (Å²) in [6, 6.07) is 0. The van der Waals surface area contributed by atoms with E-state index in [-0.39, 0.29) is 11.8 Å². The standard InChI is InChI=1S/C18H32N4O3/c19-15-18(4-12-25-13-5-18)17(24)22-10-8-20(9-11-22)14-16(23)21-6-2-1-3-7-21/h1-15,19H2. The van der Waals surface area contributed by atoms with Gasteiger partial charge in [0.1, 0.15) is 0 Å². The number of likely N-dealkylation sites (tertiary alicyclic amines) is 1. The molecular weight excluding hydrogens is 320 g/mol. The molecule has 0 aromatic carbocycles. The van der Waals surface area contributed by atoms with Crippen LogP contribution in [0.1, 0.15) is 32.1 Å². The first-order chi connectivity index (χ1) is 12.1. The van der Waals surface area contributed by atoms with Crippen LogP contribution in [0.2, 0.25) is 0 Å². The van der Waals surface area contributed by atoms with Crippen molar-refractivity contribution in [1.29, 1.82) is 0 Å². The van der Waals surface area contributed by atoms with Crippen molar-refractivity contribution in [3.05, 3.63) is 0 Å². The van der Waals surface area contributed by atoms with Crippen LogP contribution in [0.15, 0.2) is 0 Å². The van der Waals surface area contributed by atoms with Gasteiger partial charge in [-0.05, 0) is 32.1 Å². The fraction of sp³-hybridized carbons (Fsp3) is 0.889. The van der Waals surface area contributed by atoms with Gasteiger partial charge in [-0.2, -0.15) is 0 Å². The molecule has 3 saturated heterocycles. The van der Waals surface area contributed by atoms with Crippen molar-refractivity contribution in [3.63, 3.8) is 0 Å². The van der Waals surface area contributed by atoms with Gasteiger partial charge in [-0.1, -0.05) is 0 Å². The van der Waals surface area contributed by atoms with Gasteiger partial charge >= 0.3 is 0 Å². The quantitative estimate of drug-likeness (QED) is 0.764. The molecule has 7 nitrogen and oxygen atoms in total. The maximum Gasteiger partial charge on any atom is 0.236 e. The summed E-state index contributed by atoms with van der Waals surface area (Å²) in [6.45, 7) is 6.83. The molecule has 0 spiro atoms. The van der Waals surface area contributed by atoms with Gasteiger partial charge in [0, 0.05) is 59.0 Å². The summed E-state index contributed by atoms with van der Waals surface area (Å²) >= 11 is 0. The third-order valence-electron chi connectivity index (χ3n) is 6.02. The van der Waals surface area contributed by atoms with Crippen molar-refractivity contribution < 1.29 is 14.3 Å². The van der Waals surface area contributed by atoms with Crippen LogP contribution in [0.4, 0.5) is 0 Å². The number of carbonyl (C=O) groups excluding carboxylic acids is 2. The Morgan fingerprint density at radius 3 is 2.12 bits per heavy atom. The monoisotopic (exact) mass is 352 g/mol. The van der Waals surface area contributed by atoms with E-state index in [2.05, 4.69) is 4.90 Å². The summed E-state index contributed by atoms with van der Waals surface area (Å²) in [5.74, 6) is 0.419. The second-order valence-electron chi connectivity index (χ2n) is 7.61. The number of carbonyl (C=O) groups is 2. The number of rotatable bonds is 4. The molecular formula is C18H32N4O3. The van der Waals surface area contributed by atoms with Gasteiger partial charge in [-0.25, -0.2) is 0 Å². The zero-order chi connectivity index (χ0) is 17.7. The molecule has 0 atom stereocenters. The normalized spacial score (nSPS) is 25.0. The average Bonchev–Trinajstić information content (AvgIpc) is 2.69. The first-order valence-corrected chi connectivity index (χ1v) is 9.72. The topological polar surface area (TPSA) is 79.1 Å². The van der Waals surface area contributed by atoms with E-state index in [0.29, 0.717) is 39.4 Å². The Labute approximate surface area is 150 Å². The molecule has 7 heteroatoms. The van der Waals surface area contributed by atoms with Gasteiger partial charge in [0.25, 0.3) is 0 Å². The van der Waals surface area contributed by atoms with E-state index < -0.39 is 5.41 Å². The minimum Gasteiger partial charge on any atom is -0.381 e. The molecule has 0 radical (unpaired) electrons. The molecule has 3 aliphatic heterocycles. The maximum atomic E-state index is 13.0. The van der Waals surface area contributed by atoms with Gasteiger partial charge in [0.2, 0.25) is 11.8 Å². The lowest BCUT2D eigenvalue weighted by molar-refractivity contribution is -0.149. The lowest BCUT2D eigenvalue weighted by Crippen LogP contribution is -2.57. The van der Waals surface area contributed by atoms with Crippen LogP contribution in [-0.4, -0.2) is 92.1 Å². The second-order valence-corrected chi connectivity index (χ2v) is 7.61. The number of hydrogen-bond acceptors (Lipinski definition) is 5. The fourth-order valence-corrected chi connectivity index (χ4v) is 4.15. The number of hydrogen-bond donors (Lipinski definition) is 1. The van der Waals surface area contributed by atoms with Gasteiger partial charge in [0.15, 0.2) is 0 Å². The molecule has 0 bridgehead atoms. The highest BCUT2D eigenvalue weighted by molar-refractivity contribution is 5.83. The molecule has 3 rings (SSSR count). The van der Waals surface area contributed by atoms with Crippen LogP contribution in [-0.2, 0) is 14.3 Å². The molecule has 0 unspecified atom stereocenters.